The first kappa shape index (κ1) is 8.27. The lowest BCUT2D eigenvalue weighted by molar-refractivity contribution is 1.33. The normalized spacial score (nSPS) is 9.92. The van der Waals surface area contributed by atoms with E-state index in [1.165, 1.54) is 0 Å². The fourth-order valence-corrected chi connectivity index (χ4v) is 1.30. The quantitative estimate of drug-likeness (QED) is 0.670. The number of halogens is 1. The molecule has 2 heteroatoms. The van der Waals surface area contributed by atoms with Gasteiger partial charge in [0.1, 0.15) is 0 Å². The van der Waals surface area contributed by atoms with Crippen LogP contribution in [0.15, 0.2) is 42.7 Å². The second-order valence-electron chi connectivity index (χ2n) is 2.66. The molecule has 1 aromatic heterocycles. The summed E-state index contributed by atoms with van der Waals surface area (Å²) in [4.78, 5) is 4.03. The van der Waals surface area contributed by atoms with Crippen LogP contribution in [0.1, 0.15) is 0 Å². The molecule has 2 rings (SSSR count). The zero-order valence-electron chi connectivity index (χ0n) is 6.87. The monoisotopic (exact) mass is 188 g/mol. The van der Waals surface area contributed by atoms with Gasteiger partial charge in [0.05, 0.1) is 0 Å². The molecule has 0 aliphatic rings. The number of nitrogens with zero attached hydrogens (tertiary/aromatic N) is 1. The third-order valence-electron chi connectivity index (χ3n) is 1.74. The highest BCUT2D eigenvalue weighted by molar-refractivity contribution is 6.30. The SMILES string of the molecule is Clc1cc[c]c(-c2cccnc2)c1. The summed E-state index contributed by atoms with van der Waals surface area (Å²) in [6.07, 6.45) is 3.54. The molecule has 2 aromatic rings. The largest absolute Gasteiger partial charge is 0.264 e. The maximum Gasteiger partial charge on any atom is 0.0412 e. The van der Waals surface area contributed by atoms with Gasteiger partial charge in [-0.3, -0.25) is 4.98 Å². The van der Waals surface area contributed by atoms with E-state index in [1.807, 2.05) is 24.3 Å². The second-order valence-corrected chi connectivity index (χ2v) is 3.10. The molecule has 0 fully saturated rings. The molecular weight excluding hydrogens is 182 g/mol. The predicted octanol–water partition coefficient (Wildman–Crippen LogP) is 3.20. The number of benzene rings is 1. The van der Waals surface area contributed by atoms with Crippen LogP contribution in [0, 0.1) is 6.07 Å². The van der Waals surface area contributed by atoms with Gasteiger partial charge >= 0.3 is 0 Å². The minimum atomic E-state index is 0.720. The molecule has 63 valence electrons. The Balaban J connectivity index is 2.48. The van der Waals surface area contributed by atoms with Crippen molar-refractivity contribution in [2.75, 3.05) is 0 Å². The summed E-state index contributed by atoms with van der Waals surface area (Å²) in [5.41, 5.74) is 2.01. The number of hydrogen-bond acceptors (Lipinski definition) is 1. The first-order valence-electron chi connectivity index (χ1n) is 3.94. The van der Waals surface area contributed by atoms with Crippen molar-refractivity contribution in [3.05, 3.63) is 53.8 Å². The summed E-state index contributed by atoms with van der Waals surface area (Å²) in [7, 11) is 0. The lowest BCUT2D eigenvalue weighted by Gasteiger charge is -1.99. The van der Waals surface area contributed by atoms with Gasteiger partial charge in [0.15, 0.2) is 0 Å². The molecule has 0 aliphatic heterocycles. The third kappa shape index (κ3) is 1.87. The molecular formula is C11H7ClN. The molecule has 0 atom stereocenters. The lowest BCUT2D eigenvalue weighted by atomic mass is 10.1. The highest BCUT2D eigenvalue weighted by Gasteiger charge is 1.96. The molecule has 0 amide bonds. The van der Waals surface area contributed by atoms with Gasteiger partial charge in [-0.15, -0.1) is 0 Å². The van der Waals surface area contributed by atoms with Crippen LogP contribution in [0.25, 0.3) is 11.1 Å². The molecule has 0 bridgehead atoms. The van der Waals surface area contributed by atoms with Crippen molar-refractivity contribution in [2.45, 2.75) is 0 Å². The molecule has 0 saturated heterocycles. The van der Waals surface area contributed by atoms with E-state index in [0.717, 1.165) is 16.1 Å². The summed E-state index contributed by atoms with van der Waals surface area (Å²) >= 11 is 5.85. The smallest absolute Gasteiger partial charge is 0.0412 e. The van der Waals surface area contributed by atoms with Crippen LogP contribution < -0.4 is 0 Å². The Hall–Kier alpha value is -1.34. The van der Waals surface area contributed by atoms with Gasteiger partial charge in [-0.1, -0.05) is 23.7 Å². The van der Waals surface area contributed by atoms with Crippen molar-refractivity contribution in [2.24, 2.45) is 0 Å². The molecule has 0 spiro atoms. The van der Waals surface area contributed by atoms with Crippen LogP contribution in [-0.4, -0.2) is 4.98 Å². The highest BCUT2D eigenvalue weighted by Crippen LogP contribution is 2.20. The number of aromatic nitrogens is 1. The van der Waals surface area contributed by atoms with Gasteiger partial charge in [-0.25, -0.2) is 0 Å². The molecule has 1 heterocycles. The van der Waals surface area contributed by atoms with E-state index >= 15 is 0 Å². The van der Waals surface area contributed by atoms with E-state index in [0.29, 0.717) is 0 Å². The van der Waals surface area contributed by atoms with E-state index in [9.17, 15) is 0 Å². The Morgan fingerprint density at radius 2 is 2.23 bits per heavy atom. The Labute approximate surface area is 82.0 Å². The van der Waals surface area contributed by atoms with Crippen molar-refractivity contribution < 1.29 is 0 Å². The average Bonchev–Trinajstić information content (AvgIpc) is 2.19. The fraction of sp³-hybridized carbons (Fsp3) is 0. The van der Waals surface area contributed by atoms with Crippen LogP contribution in [0.3, 0.4) is 0 Å². The first-order valence-corrected chi connectivity index (χ1v) is 4.32. The predicted molar refractivity (Wildman–Crippen MR) is 53.5 cm³/mol. The molecule has 0 unspecified atom stereocenters. The summed E-state index contributed by atoms with van der Waals surface area (Å²) < 4.78 is 0. The van der Waals surface area contributed by atoms with Crippen LogP contribution in [0.5, 0.6) is 0 Å². The fourth-order valence-electron chi connectivity index (χ4n) is 1.13. The van der Waals surface area contributed by atoms with E-state index in [4.69, 9.17) is 11.6 Å². The summed E-state index contributed by atoms with van der Waals surface area (Å²) in [5, 5.41) is 0.720. The first-order chi connectivity index (χ1) is 6.36. The molecule has 0 saturated carbocycles. The Kier molecular flexibility index (Phi) is 2.28. The zero-order valence-corrected chi connectivity index (χ0v) is 7.62. The van der Waals surface area contributed by atoms with Crippen molar-refractivity contribution in [3.8, 4) is 11.1 Å². The zero-order chi connectivity index (χ0) is 9.10. The van der Waals surface area contributed by atoms with Gasteiger partial charge < -0.3 is 0 Å². The maximum absolute atomic E-state index is 5.85. The highest BCUT2D eigenvalue weighted by atomic mass is 35.5. The number of pyridine rings is 1. The topological polar surface area (TPSA) is 12.9 Å². The Morgan fingerprint density at radius 3 is 2.92 bits per heavy atom. The summed E-state index contributed by atoms with van der Waals surface area (Å²) in [5.74, 6) is 0. The van der Waals surface area contributed by atoms with Gasteiger partial charge in [-0.05, 0) is 29.8 Å². The van der Waals surface area contributed by atoms with Crippen molar-refractivity contribution in [3.63, 3.8) is 0 Å². The van der Waals surface area contributed by atoms with Crippen molar-refractivity contribution in [1.29, 1.82) is 0 Å². The Bertz CT molecular complexity index is 398. The van der Waals surface area contributed by atoms with Gasteiger partial charge in [0, 0.05) is 23.0 Å². The van der Waals surface area contributed by atoms with E-state index in [2.05, 4.69) is 11.1 Å². The molecule has 1 nitrogen and oxygen atoms in total. The average molecular weight is 189 g/mol. The van der Waals surface area contributed by atoms with Gasteiger partial charge in [-0.2, -0.15) is 0 Å². The van der Waals surface area contributed by atoms with Crippen molar-refractivity contribution in [1.82, 2.24) is 4.98 Å². The minimum absolute atomic E-state index is 0.720. The molecule has 0 N–H and O–H groups in total. The molecule has 0 aliphatic carbocycles. The number of hydrogen-bond donors (Lipinski definition) is 0. The van der Waals surface area contributed by atoms with Crippen LogP contribution in [0.2, 0.25) is 5.02 Å². The Morgan fingerprint density at radius 1 is 1.31 bits per heavy atom. The van der Waals surface area contributed by atoms with Crippen LogP contribution in [0.4, 0.5) is 0 Å². The van der Waals surface area contributed by atoms with Gasteiger partial charge in [0.25, 0.3) is 0 Å². The number of rotatable bonds is 1. The lowest BCUT2D eigenvalue weighted by Crippen LogP contribution is -1.78. The minimum Gasteiger partial charge on any atom is -0.264 e. The standard InChI is InChI=1S/C11H7ClN/c12-11-5-1-3-9(7-11)10-4-2-6-13-8-10/h1-2,4-8H. The van der Waals surface area contributed by atoms with E-state index in [-0.39, 0.29) is 0 Å². The van der Waals surface area contributed by atoms with Crippen LogP contribution >= 0.6 is 11.6 Å². The van der Waals surface area contributed by atoms with E-state index < -0.39 is 0 Å². The van der Waals surface area contributed by atoms with Gasteiger partial charge in [0.2, 0.25) is 0 Å². The second kappa shape index (κ2) is 3.58. The van der Waals surface area contributed by atoms with Crippen molar-refractivity contribution >= 4 is 11.6 Å². The molecule has 13 heavy (non-hydrogen) atoms. The summed E-state index contributed by atoms with van der Waals surface area (Å²) in [6, 6.07) is 12.5. The van der Waals surface area contributed by atoms with Crippen LogP contribution in [-0.2, 0) is 0 Å². The third-order valence-corrected chi connectivity index (χ3v) is 1.97. The maximum atomic E-state index is 5.85. The molecule has 1 aromatic carbocycles. The van der Waals surface area contributed by atoms with E-state index in [1.54, 1.807) is 18.5 Å². The molecule has 1 radical (unpaired) electrons. The summed E-state index contributed by atoms with van der Waals surface area (Å²) in [6.45, 7) is 0.